The molecule has 0 aromatic carbocycles. The highest BCUT2D eigenvalue weighted by molar-refractivity contribution is 6.05. The lowest BCUT2D eigenvalue weighted by atomic mass is 10.1. The van der Waals surface area contributed by atoms with Gasteiger partial charge in [0, 0.05) is 19.1 Å². The Morgan fingerprint density at radius 1 is 1.14 bits per heavy atom. The summed E-state index contributed by atoms with van der Waals surface area (Å²) >= 11 is 0. The first-order valence-electron chi connectivity index (χ1n) is 9.80. The molecule has 0 radical (unpaired) electrons. The van der Waals surface area contributed by atoms with Gasteiger partial charge in [0.05, 0.1) is 17.4 Å². The van der Waals surface area contributed by atoms with E-state index in [2.05, 4.69) is 25.5 Å². The minimum Gasteiger partial charge on any atom is -0.366 e. The van der Waals surface area contributed by atoms with Crippen LogP contribution in [-0.4, -0.2) is 47.1 Å². The van der Waals surface area contributed by atoms with Gasteiger partial charge in [0.15, 0.2) is 5.82 Å². The molecule has 29 heavy (non-hydrogen) atoms. The van der Waals surface area contributed by atoms with Crippen molar-refractivity contribution in [3.05, 3.63) is 41.5 Å². The molecule has 150 valence electrons. The number of nitrogens with one attached hydrogen (secondary N) is 2. The molecular formula is C20H21FN6O2. The molecule has 8 nitrogen and oxygen atoms in total. The summed E-state index contributed by atoms with van der Waals surface area (Å²) in [7, 11) is 0. The number of rotatable bonds is 3. The van der Waals surface area contributed by atoms with Crippen LogP contribution < -0.4 is 20.4 Å². The monoisotopic (exact) mass is 396 g/mol. The molecule has 1 unspecified atom stereocenters. The normalized spacial score (nSPS) is 19.7. The Kier molecular flexibility index (Phi) is 4.11. The van der Waals surface area contributed by atoms with Gasteiger partial charge in [-0.25, -0.2) is 19.2 Å². The van der Waals surface area contributed by atoms with Gasteiger partial charge in [-0.1, -0.05) is 0 Å². The quantitative estimate of drug-likeness (QED) is 0.832. The van der Waals surface area contributed by atoms with Crippen LogP contribution >= 0.6 is 0 Å². The van der Waals surface area contributed by atoms with Gasteiger partial charge in [-0.2, -0.15) is 0 Å². The third kappa shape index (κ3) is 3.26. The zero-order valence-electron chi connectivity index (χ0n) is 16.0. The molecule has 2 fully saturated rings. The van der Waals surface area contributed by atoms with Crippen molar-refractivity contribution in [2.24, 2.45) is 0 Å². The number of hydrogen-bond acceptors (Lipinski definition) is 5. The summed E-state index contributed by atoms with van der Waals surface area (Å²) in [5, 5.41) is 5.68. The van der Waals surface area contributed by atoms with Gasteiger partial charge in [-0.05, 0) is 50.5 Å². The second kappa shape index (κ2) is 6.68. The summed E-state index contributed by atoms with van der Waals surface area (Å²) in [5.41, 5.74) is 1.35. The second-order valence-electron chi connectivity index (χ2n) is 7.74. The third-order valence-corrected chi connectivity index (χ3v) is 5.57. The van der Waals surface area contributed by atoms with Crippen LogP contribution in [-0.2, 0) is 0 Å². The first-order chi connectivity index (χ1) is 14.0. The Hall–Kier alpha value is -3.23. The molecule has 0 spiro atoms. The molecule has 3 aliphatic rings. The number of hydrogen-bond donors (Lipinski definition) is 2. The Labute approximate surface area is 167 Å². The Morgan fingerprint density at radius 2 is 1.97 bits per heavy atom. The van der Waals surface area contributed by atoms with Crippen molar-refractivity contribution in [2.45, 2.75) is 38.3 Å². The van der Waals surface area contributed by atoms with Gasteiger partial charge >= 0.3 is 6.03 Å². The number of halogens is 1. The number of nitrogens with zero attached hydrogens (tertiary/aromatic N) is 4. The van der Waals surface area contributed by atoms with Gasteiger partial charge in [-0.3, -0.25) is 15.0 Å². The fraction of sp³-hybridized carbons (Fsp3) is 0.400. The number of carbonyl (C=O) groups excluding carboxylic acids is 2. The fourth-order valence-corrected chi connectivity index (χ4v) is 3.87. The highest BCUT2D eigenvalue weighted by atomic mass is 19.1. The van der Waals surface area contributed by atoms with Crippen molar-refractivity contribution in [3.8, 4) is 0 Å². The Morgan fingerprint density at radius 3 is 2.72 bits per heavy atom. The van der Waals surface area contributed by atoms with E-state index in [9.17, 15) is 14.0 Å². The molecule has 5 rings (SSSR count). The largest absolute Gasteiger partial charge is 0.366 e. The lowest BCUT2D eigenvalue weighted by Crippen LogP contribution is -2.48. The van der Waals surface area contributed by atoms with E-state index in [4.69, 9.17) is 0 Å². The van der Waals surface area contributed by atoms with Crippen LogP contribution in [0.1, 0.15) is 35.4 Å². The maximum atomic E-state index is 13.5. The Balaban J connectivity index is 1.45. The van der Waals surface area contributed by atoms with E-state index in [1.54, 1.807) is 17.9 Å². The van der Waals surface area contributed by atoms with Gasteiger partial charge in [-0.15, -0.1) is 0 Å². The summed E-state index contributed by atoms with van der Waals surface area (Å²) < 4.78 is 13.5. The van der Waals surface area contributed by atoms with Gasteiger partial charge < -0.3 is 10.2 Å². The van der Waals surface area contributed by atoms with Crippen LogP contribution in [0.3, 0.4) is 0 Å². The highest BCUT2D eigenvalue weighted by Gasteiger charge is 2.40. The van der Waals surface area contributed by atoms with E-state index in [0.29, 0.717) is 18.1 Å². The summed E-state index contributed by atoms with van der Waals surface area (Å²) in [6.45, 7) is 3.08. The molecule has 9 heteroatoms. The summed E-state index contributed by atoms with van der Waals surface area (Å²) in [6, 6.07) is 6.06. The van der Waals surface area contributed by atoms with Crippen molar-refractivity contribution in [2.75, 3.05) is 28.2 Å². The molecule has 2 aromatic heterocycles. The molecule has 3 amide bonds. The average molecular weight is 396 g/mol. The molecule has 2 aromatic rings. The number of aryl methyl sites for hydroxylation is 1. The molecule has 2 aliphatic heterocycles. The standard InChI is InChI=1S/C20H21FN6O2/c1-11-14(21)4-7-17(22-11)25-20(29)27-13-8-9-26(10-13)16-6-5-15(24-18(16)27)19(28)23-12-2-3-12/h4-7,12-13H,2-3,8-10H2,1H3,(H,23,28)(H,22,25,29). The summed E-state index contributed by atoms with van der Waals surface area (Å²) in [5.74, 6) is 0.0992. The van der Waals surface area contributed by atoms with Gasteiger partial charge in [0.1, 0.15) is 17.3 Å². The molecule has 4 heterocycles. The Bertz CT molecular complexity index is 1010. The van der Waals surface area contributed by atoms with Gasteiger partial charge in [0.25, 0.3) is 5.91 Å². The predicted octanol–water partition coefficient (Wildman–Crippen LogP) is 2.45. The smallest absolute Gasteiger partial charge is 0.329 e. The van der Waals surface area contributed by atoms with Crippen molar-refractivity contribution >= 4 is 29.3 Å². The van der Waals surface area contributed by atoms with Crippen LogP contribution in [0, 0.1) is 12.7 Å². The molecule has 2 N–H and O–H groups in total. The molecule has 1 aliphatic carbocycles. The number of aromatic nitrogens is 2. The zero-order chi connectivity index (χ0) is 20.1. The number of urea groups is 1. The first-order valence-corrected chi connectivity index (χ1v) is 9.80. The number of anilines is 3. The van der Waals surface area contributed by atoms with E-state index in [0.717, 1.165) is 31.5 Å². The zero-order valence-corrected chi connectivity index (χ0v) is 16.0. The van der Waals surface area contributed by atoms with Gasteiger partial charge in [0.2, 0.25) is 0 Å². The minimum atomic E-state index is -0.425. The minimum absolute atomic E-state index is 0.0433. The van der Waals surface area contributed by atoms with E-state index in [-0.39, 0.29) is 35.5 Å². The van der Waals surface area contributed by atoms with E-state index < -0.39 is 5.82 Å². The number of carbonyl (C=O) groups is 2. The van der Waals surface area contributed by atoms with Crippen molar-refractivity contribution in [1.29, 1.82) is 0 Å². The number of amides is 3. The molecule has 1 atom stereocenters. The maximum absolute atomic E-state index is 13.5. The summed E-state index contributed by atoms with van der Waals surface area (Å²) in [4.78, 5) is 38.0. The van der Waals surface area contributed by atoms with Crippen LogP contribution in [0.25, 0.3) is 0 Å². The highest BCUT2D eigenvalue weighted by Crippen LogP contribution is 2.39. The van der Waals surface area contributed by atoms with E-state index in [1.165, 1.54) is 12.1 Å². The average Bonchev–Trinajstić information content (AvgIpc) is 3.42. The van der Waals surface area contributed by atoms with Crippen LogP contribution in [0.2, 0.25) is 0 Å². The molecular weight excluding hydrogens is 375 g/mol. The van der Waals surface area contributed by atoms with Crippen LogP contribution in [0.4, 0.5) is 26.5 Å². The van der Waals surface area contributed by atoms with Crippen molar-refractivity contribution in [3.63, 3.8) is 0 Å². The SMILES string of the molecule is Cc1nc(NC(=O)N2c3nc(C(=O)NC4CC4)ccc3N3CCC2C3)ccc1F. The number of fused-ring (bicyclic) bond motifs is 4. The lowest BCUT2D eigenvalue weighted by Gasteiger charge is -2.35. The fourth-order valence-electron chi connectivity index (χ4n) is 3.87. The van der Waals surface area contributed by atoms with Crippen molar-refractivity contribution in [1.82, 2.24) is 15.3 Å². The van der Waals surface area contributed by atoms with Crippen LogP contribution in [0.15, 0.2) is 24.3 Å². The van der Waals surface area contributed by atoms with E-state index in [1.807, 2.05) is 6.07 Å². The predicted molar refractivity (Wildman–Crippen MR) is 106 cm³/mol. The molecule has 1 saturated heterocycles. The van der Waals surface area contributed by atoms with E-state index >= 15 is 0 Å². The number of pyridine rings is 2. The summed E-state index contributed by atoms with van der Waals surface area (Å²) in [6.07, 6.45) is 2.79. The first kappa shape index (κ1) is 17.8. The molecule has 2 bridgehead atoms. The topological polar surface area (TPSA) is 90.5 Å². The maximum Gasteiger partial charge on any atom is 0.329 e. The lowest BCUT2D eigenvalue weighted by molar-refractivity contribution is 0.0946. The van der Waals surface area contributed by atoms with Crippen LogP contribution in [0.5, 0.6) is 0 Å². The molecule has 1 saturated carbocycles. The van der Waals surface area contributed by atoms with Crippen molar-refractivity contribution < 1.29 is 14.0 Å². The third-order valence-electron chi connectivity index (χ3n) is 5.57. The second-order valence-corrected chi connectivity index (χ2v) is 7.74.